The predicted molar refractivity (Wildman–Crippen MR) is 69.9 cm³/mol. The normalized spacial score (nSPS) is 13.9. The Morgan fingerprint density at radius 2 is 1.95 bits per heavy atom. The molecule has 1 aromatic heterocycles. The van der Waals surface area contributed by atoms with E-state index in [0.29, 0.717) is 5.76 Å². The monoisotopic (exact) mass is 260 g/mol. The second-order valence-corrected chi connectivity index (χ2v) is 4.54. The van der Waals surface area contributed by atoms with Crippen LogP contribution >= 0.6 is 0 Å². The van der Waals surface area contributed by atoms with E-state index in [1.165, 1.54) is 13.2 Å². The van der Waals surface area contributed by atoms with Gasteiger partial charge in [-0.05, 0) is 37.1 Å². The van der Waals surface area contributed by atoms with E-state index in [0.717, 1.165) is 11.1 Å². The van der Waals surface area contributed by atoms with Crippen molar-refractivity contribution in [3.63, 3.8) is 0 Å². The SMILES string of the molecule is COC(=O)c1ccc(C(C)(O)c2ccccc2C)o1. The maximum atomic E-state index is 11.4. The van der Waals surface area contributed by atoms with Crippen LogP contribution in [0.2, 0.25) is 0 Å². The van der Waals surface area contributed by atoms with Crippen molar-refractivity contribution in [2.45, 2.75) is 19.4 Å². The van der Waals surface area contributed by atoms with Gasteiger partial charge in [0.2, 0.25) is 5.76 Å². The summed E-state index contributed by atoms with van der Waals surface area (Å²) in [5.41, 5.74) is 0.390. The summed E-state index contributed by atoms with van der Waals surface area (Å²) in [4.78, 5) is 11.4. The van der Waals surface area contributed by atoms with Crippen molar-refractivity contribution >= 4 is 5.97 Å². The first-order chi connectivity index (χ1) is 8.96. The molecule has 1 atom stereocenters. The Morgan fingerprint density at radius 3 is 2.58 bits per heavy atom. The van der Waals surface area contributed by atoms with Crippen LogP contribution in [0.1, 0.15) is 34.4 Å². The second kappa shape index (κ2) is 4.90. The molecule has 0 saturated carbocycles. The van der Waals surface area contributed by atoms with Crippen LogP contribution in [-0.2, 0) is 10.3 Å². The first-order valence-electron chi connectivity index (χ1n) is 5.94. The molecule has 100 valence electrons. The Hall–Kier alpha value is -2.07. The second-order valence-electron chi connectivity index (χ2n) is 4.54. The quantitative estimate of drug-likeness (QED) is 0.862. The molecule has 2 aromatic rings. The molecule has 0 fully saturated rings. The summed E-state index contributed by atoms with van der Waals surface area (Å²) < 4.78 is 9.96. The van der Waals surface area contributed by atoms with Gasteiger partial charge in [-0.15, -0.1) is 0 Å². The fourth-order valence-electron chi connectivity index (χ4n) is 2.06. The van der Waals surface area contributed by atoms with Crippen molar-refractivity contribution in [1.82, 2.24) is 0 Å². The summed E-state index contributed by atoms with van der Waals surface area (Å²) in [6.07, 6.45) is 0. The fourth-order valence-corrected chi connectivity index (χ4v) is 2.06. The van der Waals surface area contributed by atoms with E-state index >= 15 is 0 Å². The number of aliphatic hydroxyl groups is 1. The Kier molecular flexibility index (Phi) is 3.44. The largest absolute Gasteiger partial charge is 0.463 e. The average Bonchev–Trinajstić information content (AvgIpc) is 2.88. The summed E-state index contributed by atoms with van der Waals surface area (Å²) >= 11 is 0. The number of furan rings is 1. The number of rotatable bonds is 3. The van der Waals surface area contributed by atoms with Gasteiger partial charge >= 0.3 is 5.97 Å². The van der Waals surface area contributed by atoms with Gasteiger partial charge < -0.3 is 14.3 Å². The van der Waals surface area contributed by atoms with Gasteiger partial charge in [0.15, 0.2) is 0 Å². The van der Waals surface area contributed by atoms with Crippen LogP contribution in [0.5, 0.6) is 0 Å². The van der Waals surface area contributed by atoms with E-state index in [2.05, 4.69) is 4.74 Å². The standard InChI is InChI=1S/C15H16O4/c1-10-6-4-5-7-11(10)15(2,17)13-9-8-12(19-13)14(16)18-3/h4-9,17H,1-3H3. The molecule has 1 N–H and O–H groups in total. The zero-order chi connectivity index (χ0) is 14.0. The van der Waals surface area contributed by atoms with Crippen molar-refractivity contribution in [3.8, 4) is 0 Å². The molecule has 0 amide bonds. The van der Waals surface area contributed by atoms with E-state index in [1.807, 2.05) is 31.2 Å². The molecule has 0 aliphatic carbocycles. The Morgan fingerprint density at radius 1 is 1.26 bits per heavy atom. The van der Waals surface area contributed by atoms with Gasteiger partial charge in [0.25, 0.3) is 0 Å². The third kappa shape index (κ3) is 2.39. The van der Waals surface area contributed by atoms with E-state index in [1.54, 1.807) is 13.0 Å². The first-order valence-corrected chi connectivity index (χ1v) is 5.94. The summed E-state index contributed by atoms with van der Waals surface area (Å²) in [6, 6.07) is 10.6. The van der Waals surface area contributed by atoms with E-state index in [4.69, 9.17) is 4.42 Å². The molecule has 0 saturated heterocycles. The number of methoxy groups -OCH3 is 1. The summed E-state index contributed by atoms with van der Waals surface area (Å²) in [7, 11) is 1.28. The van der Waals surface area contributed by atoms with Crippen molar-refractivity contribution in [1.29, 1.82) is 0 Å². The number of benzene rings is 1. The number of ether oxygens (including phenoxy) is 1. The molecule has 1 heterocycles. The highest BCUT2D eigenvalue weighted by atomic mass is 16.5. The fraction of sp³-hybridized carbons (Fsp3) is 0.267. The molecular weight excluding hydrogens is 244 g/mol. The zero-order valence-corrected chi connectivity index (χ0v) is 11.1. The van der Waals surface area contributed by atoms with Crippen LogP contribution in [0, 0.1) is 6.92 Å². The topological polar surface area (TPSA) is 59.7 Å². The van der Waals surface area contributed by atoms with Gasteiger partial charge in [0.05, 0.1) is 7.11 Å². The molecule has 2 rings (SSSR count). The lowest BCUT2D eigenvalue weighted by Gasteiger charge is -2.23. The van der Waals surface area contributed by atoms with Gasteiger partial charge in [-0.2, -0.15) is 0 Å². The molecular formula is C15H16O4. The molecule has 0 radical (unpaired) electrons. The van der Waals surface area contributed by atoms with Gasteiger partial charge in [-0.1, -0.05) is 24.3 Å². The molecule has 19 heavy (non-hydrogen) atoms. The number of carbonyl (C=O) groups excluding carboxylic acids is 1. The minimum atomic E-state index is -1.29. The lowest BCUT2D eigenvalue weighted by Crippen LogP contribution is -2.23. The van der Waals surface area contributed by atoms with Crippen LogP contribution in [0.25, 0.3) is 0 Å². The van der Waals surface area contributed by atoms with Crippen LogP contribution in [-0.4, -0.2) is 18.2 Å². The molecule has 0 bridgehead atoms. The number of esters is 1. The van der Waals surface area contributed by atoms with Gasteiger partial charge in [-0.3, -0.25) is 0 Å². The van der Waals surface area contributed by atoms with E-state index in [-0.39, 0.29) is 5.76 Å². The van der Waals surface area contributed by atoms with Crippen molar-refractivity contribution in [3.05, 3.63) is 59.0 Å². The Bertz CT molecular complexity index is 596. The molecule has 0 aliphatic rings. The number of carbonyl (C=O) groups is 1. The number of hydrogen-bond acceptors (Lipinski definition) is 4. The summed E-state index contributed by atoms with van der Waals surface area (Å²) in [6.45, 7) is 3.54. The zero-order valence-electron chi connectivity index (χ0n) is 11.1. The maximum Gasteiger partial charge on any atom is 0.373 e. The highest BCUT2D eigenvalue weighted by Gasteiger charge is 2.31. The lowest BCUT2D eigenvalue weighted by molar-refractivity contribution is 0.0521. The molecule has 1 aromatic carbocycles. The van der Waals surface area contributed by atoms with Crippen molar-refractivity contribution in [2.24, 2.45) is 0 Å². The number of aryl methyl sites for hydroxylation is 1. The minimum Gasteiger partial charge on any atom is -0.463 e. The highest BCUT2D eigenvalue weighted by Crippen LogP contribution is 2.32. The minimum absolute atomic E-state index is 0.0753. The lowest BCUT2D eigenvalue weighted by atomic mass is 9.90. The van der Waals surface area contributed by atoms with Crippen LogP contribution in [0.15, 0.2) is 40.8 Å². The van der Waals surface area contributed by atoms with E-state index < -0.39 is 11.6 Å². The van der Waals surface area contributed by atoms with Crippen LogP contribution in [0.3, 0.4) is 0 Å². The van der Waals surface area contributed by atoms with Crippen molar-refractivity contribution < 1.29 is 19.1 Å². The third-order valence-electron chi connectivity index (χ3n) is 3.14. The first kappa shape index (κ1) is 13.4. The molecule has 0 aliphatic heterocycles. The maximum absolute atomic E-state index is 11.4. The molecule has 1 unspecified atom stereocenters. The molecule has 0 spiro atoms. The average molecular weight is 260 g/mol. The summed E-state index contributed by atoms with van der Waals surface area (Å²) in [5, 5.41) is 10.7. The van der Waals surface area contributed by atoms with Crippen LogP contribution in [0.4, 0.5) is 0 Å². The molecule has 4 heteroatoms. The summed E-state index contributed by atoms with van der Waals surface area (Å²) in [5.74, 6) is -0.180. The Labute approximate surface area is 111 Å². The van der Waals surface area contributed by atoms with E-state index in [9.17, 15) is 9.90 Å². The predicted octanol–water partition coefficient (Wildman–Crippen LogP) is 2.63. The van der Waals surface area contributed by atoms with Gasteiger partial charge in [-0.25, -0.2) is 4.79 Å². The smallest absolute Gasteiger partial charge is 0.373 e. The Balaban J connectivity index is 2.42. The van der Waals surface area contributed by atoms with Gasteiger partial charge in [0, 0.05) is 0 Å². The van der Waals surface area contributed by atoms with Crippen LogP contribution < -0.4 is 0 Å². The number of hydrogen-bond donors (Lipinski definition) is 1. The van der Waals surface area contributed by atoms with Gasteiger partial charge in [0.1, 0.15) is 11.4 Å². The van der Waals surface area contributed by atoms with Crippen molar-refractivity contribution in [2.75, 3.05) is 7.11 Å². The third-order valence-corrected chi connectivity index (χ3v) is 3.14. The highest BCUT2D eigenvalue weighted by molar-refractivity contribution is 5.86. The molecule has 4 nitrogen and oxygen atoms in total.